The molecular weight excluding hydrogens is 461 g/mol. The zero-order chi connectivity index (χ0) is 19.2. The summed E-state index contributed by atoms with van der Waals surface area (Å²) in [6.07, 6.45) is 1.64. The van der Waals surface area contributed by atoms with E-state index in [1.165, 1.54) is 6.21 Å². The molecule has 0 atom stereocenters. The van der Waals surface area contributed by atoms with Crippen molar-refractivity contribution in [2.45, 2.75) is 19.8 Å². The lowest BCUT2D eigenvalue weighted by atomic mass is 10.2. The van der Waals surface area contributed by atoms with Gasteiger partial charge in [-0.05, 0) is 77.0 Å². The van der Waals surface area contributed by atoms with Crippen molar-refractivity contribution in [1.29, 1.82) is 0 Å². The first-order valence-electron chi connectivity index (χ1n) is 8.29. The Hall–Kier alpha value is -2.62. The lowest BCUT2D eigenvalue weighted by Gasteiger charge is -2.08. The predicted octanol–water partition coefficient (Wildman–Crippen LogP) is 3.20. The van der Waals surface area contributed by atoms with Gasteiger partial charge in [-0.3, -0.25) is 9.59 Å². The van der Waals surface area contributed by atoms with E-state index in [0.29, 0.717) is 11.5 Å². The molecule has 0 saturated carbocycles. The van der Waals surface area contributed by atoms with Crippen LogP contribution in [0.5, 0.6) is 11.5 Å². The van der Waals surface area contributed by atoms with Gasteiger partial charge < -0.3 is 14.8 Å². The Morgan fingerprint density at radius 1 is 1.11 bits per heavy atom. The second kappa shape index (κ2) is 8.85. The van der Waals surface area contributed by atoms with Gasteiger partial charge >= 0.3 is 0 Å². The SMILES string of the molecule is Cc1cc(I)ccc1NC(=O)CCC(=O)N/N=C\c1ccc2c(c1)OCO2. The Bertz CT molecular complexity index is 899. The molecule has 0 spiro atoms. The minimum Gasteiger partial charge on any atom is -0.454 e. The lowest BCUT2D eigenvalue weighted by molar-refractivity contribution is -0.124. The third-order valence-corrected chi connectivity index (χ3v) is 4.51. The predicted molar refractivity (Wildman–Crippen MR) is 110 cm³/mol. The zero-order valence-electron chi connectivity index (χ0n) is 14.6. The van der Waals surface area contributed by atoms with Gasteiger partial charge in [0, 0.05) is 22.1 Å². The third kappa shape index (κ3) is 5.43. The highest BCUT2D eigenvalue weighted by Gasteiger charge is 2.12. The van der Waals surface area contributed by atoms with Gasteiger partial charge in [0.1, 0.15) is 0 Å². The molecule has 2 aromatic carbocycles. The number of amides is 2. The summed E-state index contributed by atoms with van der Waals surface area (Å²) in [5.41, 5.74) is 4.92. The van der Waals surface area contributed by atoms with Crippen LogP contribution < -0.4 is 20.2 Å². The highest BCUT2D eigenvalue weighted by molar-refractivity contribution is 14.1. The lowest BCUT2D eigenvalue weighted by Crippen LogP contribution is -2.20. The van der Waals surface area contributed by atoms with Crippen LogP contribution in [-0.2, 0) is 9.59 Å². The molecule has 1 heterocycles. The standard InChI is InChI=1S/C19H18IN3O4/c1-12-8-14(20)3-4-15(12)22-18(24)6-7-19(25)23-21-10-13-2-5-16-17(9-13)27-11-26-16/h2-5,8-10H,6-7,11H2,1H3,(H,22,24)(H,23,25)/b21-10-. The summed E-state index contributed by atoms with van der Waals surface area (Å²) in [4.78, 5) is 23.8. The largest absolute Gasteiger partial charge is 0.454 e. The van der Waals surface area contributed by atoms with E-state index in [1.807, 2.05) is 25.1 Å². The second-order valence-corrected chi connectivity index (χ2v) is 7.16. The van der Waals surface area contributed by atoms with Gasteiger partial charge in [-0.2, -0.15) is 5.10 Å². The number of aryl methyl sites for hydroxylation is 1. The number of carbonyl (C=O) groups excluding carboxylic acids is 2. The first-order chi connectivity index (χ1) is 13.0. The van der Waals surface area contributed by atoms with Crippen LogP contribution in [0.1, 0.15) is 24.0 Å². The monoisotopic (exact) mass is 479 g/mol. The Kier molecular flexibility index (Phi) is 6.28. The van der Waals surface area contributed by atoms with E-state index in [1.54, 1.807) is 18.2 Å². The van der Waals surface area contributed by atoms with Gasteiger partial charge in [-0.1, -0.05) is 0 Å². The molecule has 7 nitrogen and oxygen atoms in total. The Labute approximate surface area is 170 Å². The van der Waals surface area contributed by atoms with Gasteiger partial charge in [-0.15, -0.1) is 0 Å². The molecule has 1 aliphatic heterocycles. The summed E-state index contributed by atoms with van der Waals surface area (Å²) < 4.78 is 11.6. The van der Waals surface area contributed by atoms with Crippen molar-refractivity contribution in [2.75, 3.05) is 12.1 Å². The van der Waals surface area contributed by atoms with Crippen LogP contribution in [0.15, 0.2) is 41.5 Å². The summed E-state index contributed by atoms with van der Waals surface area (Å²) in [5.74, 6) is 0.786. The number of anilines is 1. The molecule has 2 N–H and O–H groups in total. The fourth-order valence-electron chi connectivity index (χ4n) is 2.44. The summed E-state index contributed by atoms with van der Waals surface area (Å²) >= 11 is 2.21. The van der Waals surface area contributed by atoms with E-state index in [9.17, 15) is 9.59 Å². The average molecular weight is 479 g/mol. The van der Waals surface area contributed by atoms with Crippen LogP contribution in [0, 0.1) is 10.5 Å². The number of hydrogen-bond acceptors (Lipinski definition) is 5. The highest BCUT2D eigenvalue weighted by atomic mass is 127. The van der Waals surface area contributed by atoms with Crippen molar-refractivity contribution in [1.82, 2.24) is 5.43 Å². The van der Waals surface area contributed by atoms with E-state index in [-0.39, 0.29) is 31.4 Å². The number of halogens is 1. The van der Waals surface area contributed by atoms with Crippen molar-refractivity contribution in [3.8, 4) is 11.5 Å². The highest BCUT2D eigenvalue weighted by Crippen LogP contribution is 2.31. The molecule has 0 bridgehead atoms. The topological polar surface area (TPSA) is 89.0 Å². The van der Waals surface area contributed by atoms with E-state index < -0.39 is 0 Å². The van der Waals surface area contributed by atoms with Gasteiger partial charge in [-0.25, -0.2) is 5.43 Å². The molecule has 1 aliphatic rings. The second-order valence-electron chi connectivity index (χ2n) is 5.91. The first kappa shape index (κ1) is 19.2. The summed E-state index contributed by atoms with van der Waals surface area (Å²) in [6, 6.07) is 11.1. The van der Waals surface area contributed by atoms with Crippen LogP contribution >= 0.6 is 22.6 Å². The molecule has 0 saturated heterocycles. The first-order valence-corrected chi connectivity index (χ1v) is 9.37. The van der Waals surface area contributed by atoms with E-state index in [2.05, 4.69) is 38.4 Å². The normalized spacial score (nSPS) is 12.2. The number of hydrazone groups is 1. The minimum atomic E-state index is -0.332. The number of carbonyl (C=O) groups is 2. The number of benzene rings is 2. The number of nitrogens with one attached hydrogen (secondary N) is 2. The third-order valence-electron chi connectivity index (χ3n) is 3.84. The minimum absolute atomic E-state index is 0.0493. The molecular formula is C19H18IN3O4. The Balaban J connectivity index is 1.43. The van der Waals surface area contributed by atoms with E-state index >= 15 is 0 Å². The van der Waals surface area contributed by atoms with Crippen molar-refractivity contribution in [2.24, 2.45) is 5.10 Å². The molecule has 3 rings (SSSR count). The summed E-state index contributed by atoms with van der Waals surface area (Å²) in [6.45, 7) is 2.13. The number of fused-ring (bicyclic) bond motifs is 1. The quantitative estimate of drug-likeness (QED) is 0.379. The number of rotatable bonds is 6. The molecule has 8 heteroatoms. The maximum Gasteiger partial charge on any atom is 0.240 e. The maximum atomic E-state index is 12.0. The fraction of sp³-hybridized carbons (Fsp3) is 0.211. The van der Waals surface area contributed by atoms with E-state index in [0.717, 1.165) is 20.4 Å². The number of ether oxygens (including phenoxy) is 2. The Morgan fingerprint density at radius 2 is 1.89 bits per heavy atom. The molecule has 2 amide bonds. The average Bonchev–Trinajstić information content (AvgIpc) is 3.10. The molecule has 0 aliphatic carbocycles. The van der Waals surface area contributed by atoms with Crippen LogP contribution in [-0.4, -0.2) is 24.8 Å². The van der Waals surface area contributed by atoms with Crippen molar-refractivity contribution < 1.29 is 19.1 Å². The van der Waals surface area contributed by atoms with Crippen molar-refractivity contribution in [3.05, 3.63) is 51.1 Å². The molecule has 2 aromatic rings. The van der Waals surface area contributed by atoms with Gasteiger partial charge in [0.25, 0.3) is 0 Å². The van der Waals surface area contributed by atoms with E-state index in [4.69, 9.17) is 9.47 Å². The van der Waals surface area contributed by atoms with Gasteiger partial charge in [0.15, 0.2) is 11.5 Å². The van der Waals surface area contributed by atoms with Crippen LogP contribution in [0.2, 0.25) is 0 Å². The van der Waals surface area contributed by atoms with Crippen LogP contribution in [0.25, 0.3) is 0 Å². The number of hydrogen-bond donors (Lipinski definition) is 2. The zero-order valence-corrected chi connectivity index (χ0v) is 16.8. The summed E-state index contributed by atoms with van der Waals surface area (Å²) in [7, 11) is 0. The van der Waals surface area contributed by atoms with Gasteiger partial charge in [0.2, 0.25) is 18.6 Å². The number of nitrogens with zero attached hydrogens (tertiary/aromatic N) is 1. The maximum absolute atomic E-state index is 12.0. The molecule has 0 unspecified atom stereocenters. The van der Waals surface area contributed by atoms with Gasteiger partial charge in [0.05, 0.1) is 6.21 Å². The van der Waals surface area contributed by atoms with Crippen LogP contribution in [0.3, 0.4) is 0 Å². The van der Waals surface area contributed by atoms with Crippen LogP contribution in [0.4, 0.5) is 5.69 Å². The molecule has 0 aromatic heterocycles. The summed E-state index contributed by atoms with van der Waals surface area (Å²) in [5, 5.41) is 6.71. The molecule has 0 radical (unpaired) electrons. The van der Waals surface area contributed by atoms with Crippen molar-refractivity contribution >= 4 is 46.3 Å². The Morgan fingerprint density at radius 3 is 2.70 bits per heavy atom. The smallest absolute Gasteiger partial charge is 0.240 e. The van der Waals surface area contributed by atoms with Crippen molar-refractivity contribution in [3.63, 3.8) is 0 Å². The molecule has 27 heavy (non-hydrogen) atoms. The fourth-order valence-corrected chi connectivity index (χ4v) is 3.08. The molecule has 0 fully saturated rings. The molecule has 140 valence electrons.